The molecule has 0 heterocycles. The van der Waals surface area contributed by atoms with Crippen LogP contribution in [0.4, 0.5) is 0 Å². The number of hydrogen-bond acceptors (Lipinski definition) is 1. The van der Waals surface area contributed by atoms with Crippen LogP contribution in [0.2, 0.25) is 0 Å². The largest absolute Gasteiger partial charge is 0.316 e. The average molecular weight is 287 g/mol. The third-order valence-corrected chi connectivity index (χ3v) is 4.97. The lowest BCUT2D eigenvalue weighted by molar-refractivity contribution is 0.262. The minimum Gasteiger partial charge on any atom is -0.316 e. The first-order chi connectivity index (χ1) is 10.1. The lowest BCUT2D eigenvalue weighted by Gasteiger charge is -2.30. The van der Waals surface area contributed by atoms with Gasteiger partial charge in [-0.3, -0.25) is 0 Å². The molecule has 0 saturated heterocycles. The first kappa shape index (κ1) is 16.5. The van der Waals surface area contributed by atoms with Crippen molar-refractivity contribution >= 4 is 0 Å². The Balaban J connectivity index is 1.91. The Morgan fingerprint density at radius 3 is 2.29 bits per heavy atom. The van der Waals surface area contributed by atoms with Crippen LogP contribution in [0.15, 0.2) is 30.3 Å². The SMILES string of the molecule is CC(C)CNCC(CC1CCC(C)CC1)c1ccccc1. The second-order valence-corrected chi connectivity index (χ2v) is 7.52. The minimum absolute atomic E-state index is 0.684. The van der Waals surface area contributed by atoms with Gasteiger partial charge in [-0.2, -0.15) is 0 Å². The van der Waals surface area contributed by atoms with Gasteiger partial charge in [0.1, 0.15) is 0 Å². The summed E-state index contributed by atoms with van der Waals surface area (Å²) in [4.78, 5) is 0. The van der Waals surface area contributed by atoms with E-state index in [0.29, 0.717) is 5.92 Å². The van der Waals surface area contributed by atoms with E-state index < -0.39 is 0 Å². The number of nitrogens with one attached hydrogen (secondary N) is 1. The Labute approximate surface area is 131 Å². The highest BCUT2D eigenvalue weighted by molar-refractivity contribution is 5.20. The molecule has 0 spiro atoms. The molecule has 0 aliphatic heterocycles. The highest BCUT2D eigenvalue weighted by Gasteiger charge is 2.22. The van der Waals surface area contributed by atoms with Gasteiger partial charge in [0, 0.05) is 6.54 Å². The van der Waals surface area contributed by atoms with Gasteiger partial charge in [0.15, 0.2) is 0 Å². The van der Waals surface area contributed by atoms with Crippen LogP contribution in [0, 0.1) is 17.8 Å². The zero-order valence-electron chi connectivity index (χ0n) is 14.1. The maximum Gasteiger partial charge on any atom is 0.00203 e. The van der Waals surface area contributed by atoms with Gasteiger partial charge in [0.2, 0.25) is 0 Å². The highest BCUT2D eigenvalue weighted by atomic mass is 14.9. The van der Waals surface area contributed by atoms with E-state index in [4.69, 9.17) is 0 Å². The highest BCUT2D eigenvalue weighted by Crippen LogP contribution is 2.35. The summed E-state index contributed by atoms with van der Waals surface area (Å²) >= 11 is 0. The summed E-state index contributed by atoms with van der Waals surface area (Å²) < 4.78 is 0. The summed E-state index contributed by atoms with van der Waals surface area (Å²) in [6, 6.07) is 11.1. The number of hydrogen-bond donors (Lipinski definition) is 1. The molecule has 1 aromatic rings. The molecule has 1 nitrogen and oxygen atoms in total. The summed E-state index contributed by atoms with van der Waals surface area (Å²) in [6.45, 7) is 9.24. The second-order valence-electron chi connectivity index (χ2n) is 7.52. The third-order valence-electron chi connectivity index (χ3n) is 4.97. The second kappa shape index (κ2) is 8.58. The van der Waals surface area contributed by atoms with E-state index in [1.54, 1.807) is 0 Å². The van der Waals surface area contributed by atoms with Gasteiger partial charge in [-0.05, 0) is 42.2 Å². The van der Waals surface area contributed by atoms with Crippen LogP contribution < -0.4 is 5.32 Å². The van der Waals surface area contributed by atoms with Gasteiger partial charge in [-0.25, -0.2) is 0 Å². The number of rotatable bonds is 7. The van der Waals surface area contributed by atoms with Gasteiger partial charge in [0.05, 0.1) is 0 Å². The molecular formula is C20H33N. The van der Waals surface area contributed by atoms with Gasteiger partial charge in [0.25, 0.3) is 0 Å². The van der Waals surface area contributed by atoms with Crippen molar-refractivity contribution in [3.05, 3.63) is 35.9 Å². The van der Waals surface area contributed by atoms with Gasteiger partial charge >= 0.3 is 0 Å². The molecule has 1 aromatic carbocycles. The van der Waals surface area contributed by atoms with Crippen molar-refractivity contribution in [2.45, 2.75) is 58.8 Å². The summed E-state index contributed by atoms with van der Waals surface area (Å²) in [5.41, 5.74) is 1.52. The van der Waals surface area contributed by atoms with Crippen molar-refractivity contribution in [3.8, 4) is 0 Å². The van der Waals surface area contributed by atoms with Gasteiger partial charge < -0.3 is 5.32 Å². The summed E-state index contributed by atoms with van der Waals surface area (Å²) in [5, 5.41) is 3.68. The van der Waals surface area contributed by atoms with Crippen LogP contribution in [0.25, 0.3) is 0 Å². The molecule has 1 N–H and O–H groups in total. The Hall–Kier alpha value is -0.820. The zero-order valence-corrected chi connectivity index (χ0v) is 14.1. The third kappa shape index (κ3) is 5.82. The molecule has 1 atom stereocenters. The van der Waals surface area contributed by atoms with E-state index in [2.05, 4.69) is 56.4 Å². The quantitative estimate of drug-likeness (QED) is 0.724. The van der Waals surface area contributed by atoms with E-state index in [-0.39, 0.29) is 0 Å². The molecule has 1 aliphatic carbocycles. The summed E-state index contributed by atoms with van der Waals surface area (Å²) in [5.74, 6) is 3.31. The maximum absolute atomic E-state index is 3.68. The molecule has 1 fully saturated rings. The average Bonchev–Trinajstić information content (AvgIpc) is 2.49. The Morgan fingerprint density at radius 2 is 1.67 bits per heavy atom. The van der Waals surface area contributed by atoms with Crippen LogP contribution in [-0.2, 0) is 0 Å². The summed E-state index contributed by atoms with van der Waals surface area (Å²) in [6.07, 6.45) is 7.11. The van der Waals surface area contributed by atoms with Crippen molar-refractivity contribution in [3.63, 3.8) is 0 Å². The van der Waals surface area contributed by atoms with Crippen LogP contribution in [0.3, 0.4) is 0 Å². The van der Waals surface area contributed by atoms with Gasteiger partial charge in [-0.15, -0.1) is 0 Å². The predicted molar refractivity (Wildman–Crippen MR) is 92.6 cm³/mol. The van der Waals surface area contributed by atoms with Crippen molar-refractivity contribution in [2.75, 3.05) is 13.1 Å². The summed E-state index contributed by atoms with van der Waals surface area (Å²) in [7, 11) is 0. The van der Waals surface area contributed by atoms with E-state index >= 15 is 0 Å². The molecule has 0 bridgehead atoms. The Morgan fingerprint density at radius 1 is 1.00 bits per heavy atom. The fourth-order valence-corrected chi connectivity index (χ4v) is 3.58. The smallest absolute Gasteiger partial charge is 0.00203 e. The van der Waals surface area contributed by atoms with Crippen molar-refractivity contribution < 1.29 is 0 Å². The van der Waals surface area contributed by atoms with E-state index in [0.717, 1.165) is 30.8 Å². The molecule has 1 saturated carbocycles. The molecule has 21 heavy (non-hydrogen) atoms. The molecule has 0 aromatic heterocycles. The molecule has 0 amide bonds. The number of benzene rings is 1. The lowest BCUT2D eigenvalue weighted by atomic mass is 9.77. The van der Waals surface area contributed by atoms with Crippen LogP contribution >= 0.6 is 0 Å². The van der Waals surface area contributed by atoms with Crippen molar-refractivity contribution in [1.29, 1.82) is 0 Å². The molecule has 1 aliphatic rings. The monoisotopic (exact) mass is 287 g/mol. The molecule has 1 unspecified atom stereocenters. The fraction of sp³-hybridized carbons (Fsp3) is 0.700. The minimum atomic E-state index is 0.684. The molecule has 118 valence electrons. The first-order valence-corrected chi connectivity index (χ1v) is 8.90. The van der Waals surface area contributed by atoms with Gasteiger partial charge in [-0.1, -0.05) is 76.8 Å². The topological polar surface area (TPSA) is 12.0 Å². The maximum atomic E-state index is 3.68. The zero-order chi connectivity index (χ0) is 15.1. The predicted octanol–water partition coefficient (Wildman–Crippen LogP) is 5.23. The van der Waals surface area contributed by atoms with Crippen LogP contribution in [0.1, 0.15) is 64.4 Å². The van der Waals surface area contributed by atoms with Crippen LogP contribution in [-0.4, -0.2) is 13.1 Å². The molecule has 2 rings (SSSR count). The normalized spacial score (nSPS) is 24.2. The fourth-order valence-electron chi connectivity index (χ4n) is 3.58. The first-order valence-electron chi connectivity index (χ1n) is 8.90. The van der Waals surface area contributed by atoms with Crippen molar-refractivity contribution in [1.82, 2.24) is 5.32 Å². The Bertz CT molecular complexity index is 376. The lowest BCUT2D eigenvalue weighted by Crippen LogP contribution is -2.27. The standard InChI is InChI=1S/C20H33N/c1-16(2)14-21-15-20(19-7-5-4-6-8-19)13-18-11-9-17(3)10-12-18/h4-8,16-18,20-21H,9-15H2,1-3H3. The molecular weight excluding hydrogens is 254 g/mol. The van der Waals surface area contributed by atoms with E-state index in [1.807, 2.05) is 0 Å². The Kier molecular flexibility index (Phi) is 6.76. The van der Waals surface area contributed by atoms with E-state index in [1.165, 1.54) is 37.7 Å². The van der Waals surface area contributed by atoms with Crippen molar-refractivity contribution in [2.24, 2.45) is 17.8 Å². The molecule has 0 radical (unpaired) electrons. The van der Waals surface area contributed by atoms with E-state index in [9.17, 15) is 0 Å². The van der Waals surface area contributed by atoms with Crippen LogP contribution in [0.5, 0.6) is 0 Å². The molecule has 1 heteroatoms.